The number of ether oxygens (including phenoxy) is 1. The van der Waals surface area contributed by atoms with Crippen molar-refractivity contribution in [2.45, 2.75) is 38.4 Å². The van der Waals surface area contributed by atoms with Gasteiger partial charge < -0.3 is 9.64 Å². The third-order valence-electron chi connectivity index (χ3n) is 6.30. The Morgan fingerprint density at radius 1 is 1.09 bits per heavy atom. The molecule has 0 amide bonds. The number of alkyl halides is 3. The number of thiazole rings is 1. The van der Waals surface area contributed by atoms with Crippen LogP contribution in [0.25, 0.3) is 32.9 Å². The van der Waals surface area contributed by atoms with E-state index >= 15 is 0 Å². The van der Waals surface area contributed by atoms with Gasteiger partial charge in [-0.2, -0.15) is 13.2 Å². The fourth-order valence-electron chi connectivity index (χ4n) is 4.41. The summed E-state index contributed by atoms with van der Waals surface area (Å²) in [5, 5.41) is 3.76. The molecule has 0 aliphatic carbocycles. The van der Waals surface area contributed by atoms with Gasteiger partial charge in [-0.3, -0.25) is 0 Å². The fourth-order valence-corrected chi connectivity index (χ4v) is 5.22. The number of benzene rings is 1. The first kappa shape index (κ1) is 23.7. The summed E-state index contributed by atoms with van der Waals surface area (Å²) in [6.45, 7) is 3.12. The van der Waals surface area contributed by atoms with Gasteiger partial charge in [0.25, 0.3) is 0 Å². The van der Waals surface area contributed by atoms with Crippen LogP contribution in [-0.2, 0) is 6.42 Å². The number of hydrogen-bond donors (Lipinski definition) is 0. The van der Waals surface area contributed by atoms with Crippen LogP contribution in [-0.4, -0.2) is 51.8 Å². The lowest BCUT2D eigenvalue weighted by molar-refractivity contribution is -0.154. The normalized spacial score (nSPS) is 16.7. The smallest absolute Gasteiger partial charge is 0.422 e. The van der Waals surface area contributed by atoms with Crippen molar-refractivity contribution >= 4 is 22.2 Å². The largest absolute Gasteiger partial charge is 0.468 e. The van der Waals surface area contributed by atoms with Gasteiger partial charge in [-0.05, 0) is 50.4 Å². The minimum absolute atomic E-state index is 0.0742. The Bertz CT molecular complexity index is 1310. The number of para-hydroxylation sites is 1. The zero-order valence-corrected chi connectivity index (χ0v) is 20.1. The summed E-state index contributed by atoms with van der Waals surface area (Å²) in [6, 6.07) is 14.1. The van der Waals surface area contributed by atoms with E-state index in [1.54, 1.807) is 6.07 Å². The number of aromatic nitrogens is 3. The second-order valence-electron chi connectivity index (χ2n) is 8.79. The average molecular weight is 499 g/mol. The molecular weight excluding hydrogens is 473 g/mol. The highest BCUT2D eigenvalue weighted by molar-refractivity contribution is 7.13. The molecule has 4 aromatic rings. The van der Waals surface area contributed by atoms with Crippen molar-refractivity contribution in [1.29, 1.82) is 0 Å². The predicted octanol–water partition coefficient (Wildman–Crippen LogP) is 6.39. The van der Waals surface area contributed by atoms with Gasteiger partial charge in [-0.25, -0.2) is 15.0 Å². The van der Waals surface area contributed by atoms with Crippen LogP contribution in [0.15, 0.2) is 54.0 Å². The molecule has 35 heavy (non-hydrogen) atoms. The topological polar surface area (TPSA) is 51.1 Å². The van der Waals surface area contributed by atoms with Crippen molar-refractivity contribution in [3.05, 3.63) is 59.6 Å². The highest BCUT2D eigenvalue weighted by Gasteiger charge is 2.28. The van der Waals surface area contributed by atoms with E-state index in [1.165, 1.54) is 42.0 Å². The monoisotopic (exact) mass is 498 g/mol. The van der Waals surface area contributed by atoms with Gasteiger partial charge in [0.15, 0.2) is 6.61 Å². The van der Waals surface area contributed by atoms with Crippen LogP contribution < -0.4 is 4.74 Å². The summed E-state index contributed by atoms with van der Waals surface area (Å²) in [5.74, 6) is -0.0742. The van der Waals surface area contributed by atoms with Gasteiger partial charge in [0.2, 0.25) is 5.88 Å². The van der Waals surface area contributed by atoms with E-state index in [0.717, 1.165) is 41.8 Å². The van der Waals surface area contributed by atoms with E-state index in [1.807, 2.05) is 11.4 Å². The summed E-state index contributed by atoms with van der Waals surface area (Å²) >= 11 is 1.44. The molecule has 4 heterocycles. The molecule has 182 valence electrons. The fraction of sp³-hybridized carbons (Fsp3) is 0.346. The van der Waals surface area contributed by atoms with E-state index in [2.05, 4.69) is 45.8 Å². The molecule has 0 unspecified atom stereocenters. The van der Waals surface area contributed by atoms with Crippen molar-refractivity contribution < 1.29 is 17.9 Å². The molecule has 5 rings (SSSR count). The number of fused-ring (bicyclic) bond motifs is 1. The molecule has 1 saturated heterocycles. The number of likely N-dealkylation sites (tertiary alicyclic amines) is 1. The van der Waals surface area contributed by atoms with Crippen LogP contribution in [0.4, 0.5) is 13.2 Å². The lowest BCUT2D eigenvalue weighted by Gasteiger charge is -2.21. The lowest BCUT2D eigenvalue weighted by atomic mass is 10.1. The van der Waals surface area contributed by atoms with E-state index in [0.29, 0.717) is 16.6 Å². The molecule has 1 fully saturated rings. The third-order valence-corrected chi connectivity index (χ3v) is 7.19. The van der Waals surface area contributed by atoms with Gasteiger partial charge in [-0.15, -0.1) is 11.3 Å². The van der Waals surface area contributed by atoms with Crippen LogP contribution in [0.5, 0.6) is 5.88 Å². The van der Waals surface area contributed by atoms with E-state index in [-0.39, 0.29) is 5.88 Å². The Balaban J connectivity index is 1.34. The molecule has 1 aliphatic rings. The molecule has 1 aromatic carbocycles. The standard InChI is InChI=1S/C26H25F3N4OS/c1-17-4-3-12-33(17)13-11-19-6-2-5-18-7-9-21(31-24(18)19)22-15-35-25(32-22)20-8-10-23(30-14-20)34-16-26(27,28)29/h2,5-10,14-15,17H,3-4,11-13,16H2,1H3/t17-/m1/s1. The number of pyridine rings is 2. The maximum Gasteiger partial charge on any atom is 0.422 e. The van der Waals surface area contributed by atoms with E-state index in [9.17, 15) is 13.2 Å². The van der Waals surface area contributed by atoms with Gasteiger partial charge in [0.05, 0.1) is 11.2 Å². The summed E-state index contributed by atoms with van der Waals surface area (Å²) in [5.41, 5.74) is 4.49. The van der Waals surface area contributed by atoms with Crippen molar-refractivity contribution in [1.82, 2.24) is 19.9 Å². The Kier molecular flexibility index (Phi) is 6.71. The molecule has 0 N–H and O–H groups in total. The number of nitrogens with zero attached hydrogens (tertiary/aromatic N) is 4. The molecule has 0 saturated carbocycles. The van der Waals surface area contributed by atoms with E-state index < -0.39 is 12.8 Å². The summed E-state index contributed by atoms with van der Waals surface area (Å²) in [4.78, 5) is 16.2. The summed E-state index contributed by atoms with van der Waals surface area (Å²) < 4.78 is 41.7. The molecule has 0 radical (unpaired) electrons. The average Bonchev–Trinajstić information content (AvgIpc) is 3.50. The van der Waals surface area contributed by atoms with Crippen molar-refractivity contribution in [3.63, 3.8) is 0 Å². The minimum atomic E-state index is -4.40. The van der Waals surface area contributed by atoms with Crippen LogP contribution in [0.1, 0.15) is 25.3 Å². The zero-order valence-electron chi connectivity index (χ0n) is 19.3. The second kappa shape index (κ2) is 9.91. The molecule has 1 aliphatic heterocycles. The van der Waals surface area contributed by atoms with Gasteiger partial charge in [0, 0.05) is 41.2 Å². The van der Waals surface area contributed by atoms with Gasteiger partial charge in [0.1, 0.15) is 10.7 Å². The summed E-state index contributed by atoms with van der Waals surface area (Å²) in [7, 11) is 0. The van der Waals surface area contributed by atoms with Gasteiger partial charge >= 0.3 is 6.18 Å². The maximum absolute atomic E-state index is 12.3. The quantitative estimate of drug-likeness (QED) is 0.296. The SMILES string of the molecule is C[C@@H]1CCCN1CCc1cccc2ccc(-c3csc(-c4ccc(OCC(F)(F)F)nc4)n3)nc12. The first-order valence-corrected chi connectivity index (χ1v) is 12.5. The highest BCUT2D eigenvalue weighted by atomic mass is 32.1. The third kappa shape index (κ3) is 5.62. The zero-order chi connectivity index (χ0) is 24.4. The number of hydrogen-bond acceptors (Lipinski definition) is 6. The van der Waals surface area contributed by atoms with Crippen molar-refractivity contribution in [3.8, 4) is 27.8 Å². The molecule has 3 aromatic heterocycles. The van der Waals surface area contributed by atoms with Crippen LogP contribution in [0.2, 0.25) is 0 Å². The van der Waals surface area contributed by atoms with Crippen molar-refractivity contribution in [2.24, 2.45) is 0 Å². The molecule has 0 bridgehead atoms. The van der Waals surface area contributed by atoms with Crippen LogP contribution in [0.3, 0.4) is 0 Å². The molecular formula is C26H25F3N4OS. The molecule has 1 atom stereocenters. The minimum Gasteiger partial charge on any atom is -0.468 e. The lowest BCUT2D eigenvalue weighted by Crippen LogP contribution is -2.29. The first-order valence-electron chi connectivity index (χ1n) is 11.6. The Morgan fingerprint density at radius 2 is 1.97 bits per heavy atom. The van der Waals surface area contributed by atoms with E-state index in [4.69, 9.17) is 9.97 Å². The Labute approximate surface area is 205 Å². The number of rotatable bonds is 7. The molecule has 9 heteroatoms. The predicted molar refractivity (Wildman–Crippen MR) is 132 cm³/mol. The Morgan fingerprint density at radius 3 is 2.71 bits per heavy atom. The number of halogens is 3. The maximum atomic E-state index is 12.3. The highest BCUT2D eigenvalue weighted by Crippen LogP contribution is 2.30. The first-order chi connectivity index (χ1) is 16.9. The molecule has 0 spiro atoms. The second-order valence-corrected chi connectivity index (χ2v) is 9.65. The summed E-state index contributed by atoms with van der Waals surface area (Å²) in [6.07, 6.45) is 0.561. The molecule has 5 nitrogen and oxygen atoms in total. The van der Waals surface area contributed by atoms with Gasteiger partial charge in [-0.1, -0.05) is 24.3 Å². The Hall–Kier alpha value is -3.04. The van der Waals surface area contributed by atoms with Crippen LogP contribution in [0, 0.1) is 0 Å². The van der Waals surface area contributed by atoms with Crippen LogP contribution >= 0.6 is 11.3 Å². The van der Waals surface area contributed by atoms with Crippen molar-refractivity contribution in [2.75, 3.05) is 19.7 Å².